The largest absolute Gasteiger partial charge is 0.481 e. The van der Waals surface area contributed by atoms with Crippen molar-refractivity contribution in [2.24, 2.45) is 11.8 Å². The Bertz CT molecular complexity index is 478. The minimum Gasteiger partial charge on any atom is -0.481 e. The van der Waals surface area contributed by atoms with Gasteiger partial charge < -0.3 is 9.84 Å². The van der Waals surface area contributed by atoms with Gasteiger partial charge in [0.05, 0.1) is 11.8 Å². The van der Waals surface area contributed by atoms with Crippen molar-refractivity contribution in [2.75, 3.05) is 0 Å². The molecule has 2 atom stereocenters. The van der Waals surface area contributed by atoms with Gasteiger partial charge >= 0.3 is 11.9 Å². The first-order valence-electron chi connectivity index (χ1n) is 6.27. The first-order valence-corrected chi connectivity index (χ1v) is 6.27. The van der Waals surface area contributed by atoms with Gasteiger partial charge in [0.25, 0.3) is 0 Å². The van der Waals surface area contributed by atoms with Crippen molar-refractivity contribution in [1.29, 1.82) is 0 Å². The molecule has 2 rings (SSSR count). The van der Waals surface area contributed by atoms with E-state index in [0.717, 1.165) is 5.56 Å². The number of benzene rings is 1. The van der Waals surface area contributed by atoms with Crippen LogP contribution < -0.4 is 0 Å². The summed E-state index contributed by atoms with van der Waals surface area (Å²) in [7, 11) is 0. The van der Waals surface area contributed by atoms with Gasteiger partial charge in [0, 0.05) is 0 Å². The van der Waals surface area contributed by atoms with Crippen molar-refractivity contribution in [2.45, 2.75) is 19.4 Å². The molecule has 1 aromatic carbocycles. The molecule has 1 N–H and O–H groups in total. The topological polar surface area (TPSA) is 63.6 Å². The van der Waals surface area contributed by atoms with Gasteiger partial charge in [-0.15, -0.1) is 0 Å². The van der Waals surface area contributed by atoms with Gasteiger partial charge in [-0.3, -0.25) is 9.59 Å². The molecule has 0 unspecified atom stereocenters. The third kappa shape index (κ3) is 3.44. The highest BCUT2D eigenvalue weighted by atomic mass is 16.5. The number of carbonyl (C=O) groups excluding carboxylic acids is 1. The molecule has 0 radical (unpaired) electrons. The summed E-state index contributed by atoms with van der Waals surface area (Å²) >= 11 is 0. The maximum Gasteiger partial charge on any atom is 0.310 e. The van der Waals surface area contributed by atoms with Crippen LogP contribution >= 0.6 is 0 Å². The molecule has 100 valence electrons. The van der Waals surface area contributed by atoms with Gasteiger partial charge in [0.2, 0.25) is 0 Å². The van der Waals surface area contributed by atoms with Crippen LogP contribution in [-0.2, 0) is 20.9 Å². The van der Waals surface area contributed by atoms with Crippen molar-refractivity contribution in [3.05, 3.63) is 48.0 Å². The SMILES string of the molecule is O=C(O)[C@H]1CC=CC[C@@H]1C(=O)OCc1ccccc1. The summed E-state index contributed by atoms with van der Waals surface area (Å²) < 4.78 is 5.21. The Balaban J connectivity index is 1.95. The highest BCUT2D eigenvalue weighted by Gasteiger charge is 2.34. The highest BCUT2D eigenvalue weighted by Crippen LogP contribution is 2.27. The van der Waals surface area contributed by atoms with E-state index >= 15 is 0 Å². The molecule has 4 heteroatoms. The number of ether oxygens (including phenoxy) is 1. The molecule has 4 nitrogen and oxygen atoms in total. The van der Waals surface area contributed by atoms with E-state index in [4.69, 9.17) is 9.84 Å². The predicted octanol–water partition coefficient (Wildman–Crippen LogP) is 2.40. The number of esters is 1. The van der Waals surface area contributed by atoms with Crippen LogP contribution in [0.2, 0.25) is 0 Å². The maximum atomic E-state index is 12.0. The monoisotopic (exact) mass is 260 g/mol. The minimum atomic E-state index is -0.939. The molecule has 0 aliphatic heterocycles. The molecular weight excluding hydrogens is 244 g/mol. The van der Waals surface area contributed by atoms with E-state index in [1.54, 1.807) is 6.08 Å². The van der Waals surface area contributed by atoms with Crippen LogP contribution in [0.5, 0.6) is 0 Å². The molecule has 1 aromatic rings. The average molecular weight is 260 g/mol. The average Bonchev–Trinajstić information content (AvgIpc) is 2.46. The molecule has 0 saturated heterocycles. The number of aliphatic carboxylic acids is 1. The van der Waals surface area contributed by atoms with E-state index in [0.29, 0.717) is 12.8 Å². The minimum absolute atomic E-state index is 0.187. The molecule has 19 heavy (non-hydrogen) atoms. The quantitative estimate of drug-likeness (QED) is 0.667. The molecular formula is C15H16O4. The van der Waals surface area contributed by atoms with E-state index in [2.05, 4.69) is 0 Å². The Hall–Kier alpha value is -2.10. The van der Waals surface area contributed by atoms with Crippen molar-refractivity contribution < 1.29 is 19.4 Å². The molecule has 0 fully saturated rings. The Labute approximate surface area is 111 Å². The van der Waals surface area contributed by atoms with E-state index in [1.165, 1.54) is 0 Å². The Kier molecular flexibility index (Phi) is 4.34. The number of carbonyl (C=O) groups is 2. The summed E-state index contributed by atoms with van der Waals surface area (Å²) in [5.41, 5.74) is 0.897. The summed E-state index contributed by atoms with van der Waals surface area (Å²) in [6, 6.07) is 9.35. The summed E-state index contributed by atoms with van der Waals surface area (Å²) in [5.74, 6) is -2.62. The van der Waals surface area contributed by atoms with E-state index < -0.39 is 23.8 Å². The second-order valence-corrected chi connectivity index (χ2v) is 4.59. The zero-order valence-corrected chi connectivity index (χ0v) is 10.5. The van der Waals surface area contributed by atoms with E-state index in [9.17, 15) is 9.59 Å². The number of allylic oxidation sites excluding steroid dienone is 2. The van der Waals surface area contributed by atoms with Gasteiger partial charge in [-0.1, -0.05) is 42.5 Å². The van der Waals surface area contributed by atoms with E-state index in [-0.39, 0.29) is 6.61 Å². The van der Waals surface area contributed by atoms with Crippen LogP contribution in [0.3, 0.4) is 0 Å². The van der Waals surface area contributed by atoms with Crippen molar-refractivity contribution in [3.8, 4) is 0 Å². The zero-order valence-electron chi connectivity index (χ0n) is 10.5. The summed E-state index contributed by atoms with van der Waals surface area (Å²) in [6.45, 7) is 0.187. The Morgan fingerprint density at radius 2 is 1.74 bits per heavy atom. The highest BCUT2D eigenvalue weighted by molar-refractivity contribution is 5.81. The first kappa shape index (κ1) is 13.3. The van der Waals surface area contributed by atoms with Gasteiger partial charge in [0.1, 0.15) is 6.61 Å². The molecule has 0 aromatic heterocycles. The fourth-order valence-corrected chi connectivity index (χ4v) is 2.18. The molecule has 0 amide bonds. The summed E-state index contributed by atoms with van der Waals surface area (Å²) in [4.78, 5) is 23.1. The molecule has 0 saturated carbocycles. The lowest BCUT2D eigenvalue weighted by Crippen LogP contribution is -2.32. The van der Waals surface area contributed by atoms with Gasteiger partial charge in [0.15, 0.2) is 0 Å². The number of carboxylic acid groups (broad SMARTS) is 1. The fourth-order valence-electron chi connectivity index (χ4n) is 2.18. The normalized spacial score (nSPS) is 21.9. The van der Waals surface area contributed by atoms with Crippen LogP contribution in [0.1, 0.15) is 18.4 Å². The Morgan fingerprint density at radius 1 is 1.11 bits per heavy atom. The van der Waals surface area contributed by atoms with Crippen molar-refractivity contribution >= 4 is 11.9 Å². The molecule has 1 aliphatic carbocycles. The molecule has 0 bridgehead atoms. The number of rotatable bonds is 4. The third-order valence-electron chi connectivity index (χ3n) is 3.28. The lowest BCUT2D eigenvalue weighted by molar-refractivity contribution is -0.158. The third-order valence-corrected chi connectivity index (χ3v) is 3.28. The number of carboxylic acids is 1. The van der Waals surface area contributed by atoms with Crippen LogP contribution in [0.15, 0.2) is 42.5 Å². The fraction of sp³-hybridized carbons (Fsp3) is 0.333. The smallest absolute Gasteiger partial charge is 0.310 e. The van der Waals surface area contributed by atoms with Gasteiger partial charge in [-0.25, -0.2) is 0 Å². The van der Waals surface area contributed by atoms with Crippen LogP contribution in [0.4, 0.5) is 0 Å². The van der Waals surface area contributed by atoms with E-state index in [1.807, 2.05) is 36.4 Å². The van der Waals surface area contributed by atoms with Crippen molar-refractivity contribution in [3.63, 3.8) is 0 Å². The number of hydrogen-bond acceptors (Lipinski definition) is 3. The van der Waals surface area contributed by atoms with Crippen LogP contribution in [-0.4, -0.2) is 17.0 Å². The van der Waals surface area contributed by atoms with Crippen LogP contribution in [0, 0.1) is 11.8 Å². The number of hydrogen-bond donors (Lipinski definition) is 1. The first-order chi connectivity index (χ1) is 9.18. The maximum absolute atomic E-state index is 12.0. The standard InChI is InChI=1S/C15H16O4/c16-14(17)12-8-4-5-9-13(12)15(18)19-10-11-6-2-1-3-7-11/h1-7,12-13H,8-10H2,(H,16,17)/t12-,13-/m0/s1. The second-order valence-electron chi connectivity index (χ2n) is 4.59. The van der Waals surface area contributed by atoms with Crippen molar-refractivity contribution in [1.82, 2.24) is 0 Å². The predicted molar refractivity (Wildman–Crippen MR) is 69.2 cm³/mol. The summed E-state index contributed by atoms with van der Waals surface area (Å²) in [6.07, 6.45) is 4.47. The molecule has 1 aliphatic rings. The Morgan fingerprint density at radius 3 is 2.37 bits per heavy atom. The molecule has 0 spiro atoms. The lowest BCUT2D eigenvalue weighted by atomic mass is 9.83. The molecule has 0 heterocycles. The van der Waals surface area contributed by atoms with Crippen LogP contribution in [0.25, 0.3) is 0 Å². The van der Waals surface area contributed by atoms with Gasteiger partial charge in [-0.05, 0) is 18.4 Å². The summed E-state index contributed by atoms with van der Waals surface area (Å²) in [5, 5.41) is 9.10. The second kappa shape index (κ2) is 6.18. The lowest BCUT2D eigenvalue weighted by Gasteiger charge is -2.23. The zero-order chi connectivity index (χ0) is 13.7. The van der Waals surface area contributed by atoms with Gasteiger partial charge in [-0.2, -0.15) is 0 Å².